The number of piperazine rings is 1. The van der Waals surface area contributed by atoms with Crippen LogP contribution in [-0.2, 0) is 10.2 Å². The van der Waals surface area contributed by atoms with Crippen LogP contribution in [0.25, 0.3) is 10.9 Å². The Morgan fingerprint density at radius 3 is 2.50 bits per heavy atom. The highest BCUT2D eigenvalue weighted by Crippen LogP contribution is 2.25. The summed E-state index contributed by atoms with van der Waals surface area (Å²) in [6, 6.07) is 7.81. The number of H-pyrrole nitrogens is 1. The molecule has 0 radical (unpaired) electrons. The summed E-state index contributed by atoms with van der Waals surface area (Å²) in [5, 5.41) is 7.83. The summed E-state index contributed by atoms with van der Waals surface area (Å²) in [7, 11) is 0.479. The Bertz CT molecular complexity index is 1380. The highest BCUT2D eigenvalue weighted by molar-refractivity contribution is 7.90. The average Bonchev–Trinajstić information content (AvgIpc) is 3.36. The molecule has 0 saturated carbocycles. The van der Waals surface area contributed by atoms with Gasteiger partial charge in [0.25, 0.3) is 5.91 Å². The van der Waals surface area contributed by atoms with E-state index in [1.54, 1.807) is 12.1 Å². The number of hydrogen-bond donors (Lipinski definition) is 4. The van der Waals surface area contributed by atoms with Crippen molar-refractivity contribution in [3.05, 3.63) is 53.6 Å². The molecule has 11 nitrogen and oxygen atoms in total. The van der Waals surface area contributed by atoms with Gasteiger partial charge in [0.15, 0.2) is 0 Å². The molecule has 2 saturated heterocycles. The maximum absolute atomic E-state index is 13.4. The molecule has 0 unspecified atom stereocenters. The topological polar surface area (TPSA) is 116 Å². The lowest BCUT2D eigenvalue weighted by Crippen LogP contribution is -2.48. The Hall–Kier alpha value is -3.22. The van der Waals surface area contributed by atoms with Crippen molar-refractivity contribution in [1.82, 2.24) is 34.6 Å². The summed E-state index contributed by atoms with van der Waals surface area (Å²) in [4.78, 5) is 22.9. The van der Waals surface area contributed by atoms with Gasteiger partial charge in [-0.15, -0.1) is 0 Å². The molecule has 0 aliphatic carbocycles. The summed E-state index contributed by atoms with van der Waals surface area (Å²) >= 11 is 0. The molecule has 218 valence electrons. The molecule has 0 bridgehead atoms. The van der Waals surface area contributed by atoms with E-state index >= 15 is 0 Å². The van der Waals surface area contributed by atoms with Gasteiger partial charge in [0.1, 0.15) is 11.5 Å². The van der Waals surface area contributed by atoms with Gasteiger partial charge in [0, 0.05) is 75.8 Å². The normalized spacial score (nSPS) is 19.8. The van der Waals surface area contributed by atoms with Gasteiger partial charge in [0.05, 0.1) is 11.4 Å². The second kappa shape index (κ2) is 11.7. The molecule has 5 rings (SSSR count). The van der Waals surface area contributed by atoms with Gasteiger partial charge < -0.3 is 30.3 Å². The third-order valence-corrected chi connectivity index (χ3v) is 9.46. The molecule has 1 aromatic heterocycles. The van der Waals surface area contributed by atoms with Crippen LogP contribution in [0.2, 0.25) is 0 Å². The molecular formula is C28H42N8O3S. The predicted octanol–water partition coefficient (Wildman–Crippen LogP) is 1.93. The van der Waals surface area contributed by atoms with Crippen molar-refractivity contribution in [3.8, 4) is 0 Å². The zero-order chi connectivity index (χ0) is 28.4. The Morgan fingerprint density at radius 1 is 1.07 bits per heavy atom. The number of benzene rings is 1. The largest absolute Gasteiger partial charge is 0.380 e. The zero-order valence-corrected chi connectivity index (χ0v) is 24.7. The monoisotopic (exact) mass is 570 g/mol. The van der Waals surface area contributed by atoms with E-state index in [9.17, 15) is 13.2 Å². The third kappa shape index (κ3) is 6.24. The number of dihydropyridines is 1. The minimum Gasteiger partial charge on any atom is -0.380 e. The van der Waals surface area contributed by atoms with Crippen LogP contribution in [-0.4, -0.2) is 110 Å². The van der Waals surface area contributed by atoms with E-state index in [4.69, 9.17) is 0 Å². The van der Waals surface area contributed by atoms with E-state index in [2.05, 4.69) is 63.2 Å². The van der Waals surface area contributed by atoms with Crippen LogP contribution in [0, 0.1) is 0 Å². The van der Waals surface area contributed by atoms with E-state index in [-0.39, 0.29) is 5.91 Å². The van der Waals surface area contributed by atoms with E-state index in [1.165, 1.54) is 4.31 Å². The van der Waals surface area contributed by atoms with Crippen molar-refractivity contribution in [1.29, 1.82) is 0 Å². The first-order valence-electron chi connectivity index (χ1n) is 14.1. The fourth-order valence-electron chi connectivity index (χ4n) is 5.61. The molecule has 0 spiro atoms. The van der Waals surface area contributed by atoms with Crippen molar-refractivity contribution in [2.24, 2.45) is 0 Å². The average molecular weight is 571 g/mol. The predicted molar refractivity (Wildman–Crippen MR) is 159 cm³/mol. The lowest BCUT2D eigenvalue weighted by molar-refractivity contribution is 0.0658. The lowest BCUT2D eigenvalue weighted by Gasteiger charge is -2.40. The second-order valence-corrected chi connectivity index (χ2v) is 12.9. The Morgan fingerprint density at radius 2 is 1.80 bits per heavy atom. The number of aromatic amines is 1. The van der Waals surface area contributed by atoms with E-state index in [0.29, 0.717) is 62.7 Å². The quantitative estimate of drug-likeness (QED) is 0.383. The molecule has 2 aromatic rings. The highest BCUT2D eigenvalue weighted by atomic mass is 32.2. The molecule has 3 aliphatic heterocycles. The molecule has 3 aliphatic rings. The van der Waals surface area contributed by atoms with Gasteiger partial charge in [-0.1, -0.05) is 6.08 Å². The second-order valence-electron chi connectivity index (χ2n) is 11.3. The van der Waals surface area contributed by atoms with Crippen molar-refractivity contribution in [3.63, 3.8) is 0 Å². The van der Waals surface area contributed by atoms with Crippen LogP contribution in [0.3, 0.4) is 0 Å². The Balaban J connectivity index is 1.21. The summed E-state index contributed by atoms with van der Waals surface area (Å²) < 4.78 is 29.9. The fraction of sp³-hybridized carbons (Fsp3) is 0.536. The van der Waals surface area contributed by atoms with Crippen molar-refractivity contribution in [2.45, 2.75) is 38.8 Å². The molecule has 4 N–H and O–H groups in total. The van der Waals surface area contributed by atoms with Gasteiger partial charge in [-0.05, 0) is 64.1 Å². The van der Waals surface area contributed by atoms with Crippen LogP contribution < -0.4 is 15.4 Å². The number of likely N-dealkylation sites (tertiary alicyclic amines) is 1. The number of nitrogens with zero attached hydrogens (tertiary/aromatic N) is 4. The number of carbonyl (C=O) groups is 1. The summed E-state index contributed by atoms with van der Waals surface area (Å²) in [5.74, 6) is 1.08. The number of amides is 1. The summed E-state index contributed by atoms with van der Waals surface area (Å²) in [6.45, 7) is 8.77. The van der Waals surface area contributed by atoms with Crippen LogP contribution in [0.4, 0.5) is 5.69 Å². The molecule has 4 heterocycles. The number of likely N-dealkylation sites (N-methyl/N-ethyl adjacent to an activating group) is 1. The minimum absolute atomic E-state index is 0.0306. The molecule has 2 fully saturated rings. The van der Waals surface area contributed by atoms with Gasteiger partial charge >= 0.3 is 10.2 Å². The van der Waals surface area contributed by atoms with Gasteiger partial charge in [-0.25, -0.2) is 0 Å². The minimum atomic E-state index is -3.63. The molecule has 40 heavy (non-hydrogen) atoms. The number of piperidine rings is 1. The third-order valence-electron chi connectivity index (χ3n) is 7.92. The summed E-state index contributed by atoms with van der Waals surface area (Å²) in [6.07, 6.45) is 6.02. The van der Waals surface area contributed by atoms with Gasteiger partial charge in [-0.3, -0.25) is 9.52 Å². The highest BCUT2D eigenvalue weighted by Gasteiger charge is 2.29. The standard InChI is InChI=1S/C28H42N8O3S/c1-20(2)30-25-6-5-11-29-27(25)34(4)23-9-12-35(13-10-23)28(37)26-19-21-18-22(7-8-24(21)31-26)32-40(38,39)36-16-14-33(3)15-17-36/h5-8,18-20,23,29-32H,9-17H2,1-4H3. The molecule has 12 heteroatoms. The van der Waals surface area contributed by atoms with Gasteiger partial charge in [-0.2, -0.15) is 12.7 Å². The van der Waals surface area contributed by atoms with Crippen LogP contribution in [0.15, 0.2) is 47.9 Å². The molecule has 0 atom stereocenters. The Kier molecular flexibility index (Phi) is 8.29. The number of aromatic nitrogens is 1. The van der Waals surface area contributed by atoms with Crippen LogP contribution in [0.5, 0.6) is 0 Å². The maximum Gasteiger partial charge on any atom is 0.301 e. The zero-order valence-electron chi connectivity index (χ0n) is 23.9. The van der Waals surface area contributed by atoms with Crippen molar-refractivity contribution >= 4 is 32.7 Å². The SMILES string of the molecule is CC(C)NC1=C(N(C)C2CCN(C(=O)c3cc4cc(NS(=O)(=O)N5CCN(C)CC5)ccc4[nH]3)CC2)NCC=C1. The first-order chi connectivity index (χ1) is 19.1. The smallest absolute Gasteiger partial charge is 0.301 e. The summed E-state index contributed by atoms with van der Waals surface area (Å²) in [5.41, 5.74) is 2.91. The molecular weight excluding hydrogens is 528 g/mol. The number of nitrogens with one attached hydrogen (secondary N) is 4. The number of allylic oxidation sites excluding steroid dienone is 1. The fourth-order valence-corrected chi connectivity index (χ4v) is 6.81. The molecule has 1 aromatic carbocycles. The number of carbonyl (C=O) groups excluding carboxylic acids is 1. The number of anilines is 1. The van der Waals surface area contributed by atoms with Crippen molar-refractivity contribution in [2.75, 3.05) is 64.6 Å². The van der Waals surface area contributed by atoms with Crippen LogP contribution >= 0.6 is 0 Å². The lowest BCUT2D eigenvalue weighted by atomic mass is 10.0. The number of fused-ring (bicyclic) bond motifs is 1. The van der Waals surface area contributed by atoms with E-state index < -0.39 is 10.2 Å². The number of rotatable bonds is 8. The van der Waals surface area contributed by atoms with E-state index in [0.717, 1.165) is 41.8 Å². The maximum atomic E-state index is 13.4. The van der Waals surface area contributed by atoms with Gasteiger partial charge in [0.2, 0.25) is 0 Å². The van der Waals surface area contributed by atoms with E-state index in [1.807, 2.05) is 24.1 Å². The number of hydrogen-bond acceptors (Lipinski definition) is 7. The molecule has 1 amide bonds. The van der Waals surface area contributed by atoms with Crippen molar-refractivity contribution < 1.29 is 13.2 Å². The van der Waals surface area contributed by atoms with Crippen LogP contribution in [0.1, 0.15) is 37.2 Å². The first kappa shape index (κ1) is 28.3. The first-order valence-corrected chi connectivity index (χ1v) is 15.6. The Labute approximate surface area is 237 Å².